The van der Waals surface area contributed by atoms with E-state index in [1.165, 1.54) is 19.4 Å². The second-order valence-corrected chi connectivity index (χ2v) is 6.99. The Hall–Kier alpha value is -0.160. The zero-order valence-corrected chi connectivity index (χ0v) is 13.7. The van der Waals surface area contributed by atoms with Gasteiger partial charge in [0.15, 0.2) is 0 Å². The van der Waals surface area contributed by atoms with Crippen molar-refractivity contribution in [3.8, 4) is 0 Å². The highest BCUT2D eigenvalue weighted by molar-refractivity contribution is 4.85. The molecule has 0 bridgehead atoms. The summed E-state index contributed by atoms with van der Waals surface area (Å²) >= 11 is 0. The first kappa shape index (κ1) is 16.9. The first-order valence-electron chi connectivity index (χ1n) is 7.48. The Morgan fingerprint density at radius 1 is 1.37 bits per heavy atom. The maximum atomic E-state index is 5.42. The van der Waals surface area contributed by atoms with Gasteiger partial charge in [0, 0.05) is 37.8 Å². The summed E-state index contributed by atoms with van der Waals surface area (Å²) in [7, 11) is 6.18. The Labute approximate surface area is 119 Å². The van der Waals surface area contributed by atoms with Crippen molar-refractivity contribution in [2.24, 2.45) is 0 Å². The largest absolute Gasteiger partial charge is 0.383 e. The SMILES string of the molecule is COCC(CNC(C)(C)C)N1CCCC(N(C)C)C1. The van der Waals surface area contributed by atoms with Gasteiger partial charge in [-0.1, -0.05) is 0 Å². The van der Waals surface area contributed by atoms with Gasteiger partial charge >= 0.3 is 0 Å². The van der Waals surface area contributed by atoms with Crippen molar-refractivity contribution in [2.45, 2.75) is 51.2 Å². The van der Waals surface area contributed by atoms with E-state index in [2.05, 4.69) is 50.0 Å². The molecule has 0 saturated carbocycles. The molecule has 1 aliphatic rings. The Bertz CT molecular complexity index is 250. The van der Waals surface area contributed by atoms with Gasteiger partial charge in [-0.15, -0.1) is 0 Å². The molecule has 1 fully saturated rings. The van der Waals surface area contributed by atoms with Crippen LogP contribution in [-0.4, -0.2) is 74.9 Å². The van der Waals surface area contributed by atoms with Gasteiger partial charge in [-0.25, -0.2) is 0 Å². The monoisotopic (exact) mass is 271 g/mol. The lowest BCUT2D eigenvalue weighted by atomic mass is 10.0. The fraction of sp³-hybridized carbons (Fsp3) is 1.00. The molecule has 0 aromatic heterocycles. The average Bonchev–Trinajstić information content (AvgIpc) is 2.33. The maximum absolute atomic E-state index is 5.42. The Balaban J connectivity index is 2.54. The normalized spacial score (nSPS) is 23.8. The van der Waals surface area contributed by atoms with E-state index in [9.17, 15) is 0 Å². The van der Waals surface area contributed by atoms with Crippen molar-refractivity contribution in [3.63, 3.8) is 0 Å². The fourth-order valence-corrected chi connectivity index (χ4v) is 2.65. The molecule has 19 heavy (non-hydrogen) atoms. The van der Waals surface area contributed by atoms with Gasteiger partial charge in [0.1, 0.15) is 0 Å². The summed E-state index contributed by atoms with van der Waals surface area (Å²) in [5.74, 6) is 0. The van der Waals surface area contributed by atoms with Gasteiger partial charge in [0.2, 0.25) is 0 Å². The van der Waals surface area contributed by atoms with E-state index in [1.807, 2.05) is 0 Å². The van der Waals surface area contributed by atoms with E-state index in [4.69, 9.17) is 4.74 Å². The molecule has 1 saturated heterocycles. The predicted octanol–water partition coefficient (Wildman–Crippen LogP) is 1.42. The van der Waals surface area contributed by atoms with Crippen LogP contribution in [0.2, 0.25) is 0 Å². The van der Waals surface area contributed by atoms with Crippen LogP contribution >= 0.6 is 0 Å². The van der Waals surface area contributed by atoms with Gasteiger partial charge in [-0.3, -0.25) is 4.90 Å². The molecule has 114 valence electrons. The second-order valence-electron chi connectivity index (χ2n) is 6.99. The topological polar surface area (TPSA) is 27.7 Å². The van der Waals surface area contributed by atoms with E-state index in [1.54, 1.807) is 7.11 Å². The molecule has 0 aromatic carbocycles. The van der Waals surface area contributed by atoms with Crippen LogP contribution in [0.4, 0.5) is 0 Å². The third-order valence-electron chi connectivity index (χ3n) is 3.90. The van der Waals surface area contributed by atoms with Crippen LogP contribution in [0.3, 0.4) is 0 Å². The number of nitrogens with zero attached hydrogens (tertiary/aromatic N) is 2. The number of hydrogen-bond acceptors (Lipinski definition) is 4. The lowest BCUT2D eigenvalue weighted by molar-refractivity contribution is 0.0462. The zero-order chi connectivity index (χ0) is 14.5. The molecule has 1 N–H and O–H groups in total. The second kappa shape index (κ2) is 7.58. The van der Waals surface area contributed by atoms with Crippen molar-refractivity contribution >= 4 is 0 Å². The minimum atomic E-state index is 0.169. The van der Waals surface area contributed by atoms with Crippen molar-refractivity contribution in [1.29, 1.82) is 0 Å². The molecular formula is C15H33N3O. The molecule has 0 aromatic rings. The van der Waals surface area contributed by atoms with E-state index in [0.29, 0.717) is 12.1 Å². The van der Waals surface area contributed by atoms with Gasteiger partial charge < -0.3 is 15.0 Å². The molecule has 4 nitrogen and oxygen atoms in total. The van der Waals surface area contributed by atoms with Crippen LogP contribution in [-0.2, 0) is 4.74 Å². The molecule has 1 rings (SSSR count). The predicted molar refractivity (Wildman–Crippen MR) is 81.7 cm³/mol. The number of methoxy groups -OCH3 is 1. The third kappa shape index (κ3) is 6.21. The van der Waals surface area contributed by atoms with Gasteiger partial charge in [-0.05, 0) is 54.3 Å². The highest BCUT2D eigenvalue weighted by Gasteiger charge is 2.27. The van der Waals surface area contributed by atoms with Gasteiger partial charge in [0.25, 0.3) is 0 Å². The summed E-state index contributed by atoms with van der Waals surface area (Å²) in [5, 5.41) is 3.61. The standard InChI is InChI=1S/C15H33N3O/c1-15(2,3)16-10-14(12-19-6)18-9-7-8-13(11-18)17(4)5/h13-14,16H,7-12H2,1-6H3. The first-order chi connectivity index (χ1) is 8.83. The van der Waals surface area contributed by atoms with Crippen LogP contribution in [0.1, 0.15) is 33.6 Å². The molecule has 2 atom stereocenters. The summed E-state index contributed by atoms with van der Waals surface area (Å²) < 4.78 is 5.42. The fourth-order valence-electron chi connectivity index (χ4n) is 2.65. The van der Waals surface area contributed by atoms with Crippen molar-refractivity contribution in [2.75, 3.05) is 47.4 Å². The number of ether oxygens (including phenoxy) is 1. The molecule has 2 unspecified atom stereocenters. The molecular weight excluding hydrogens is 238 g/mol. The van der Waals surface area contributed by atoms with Crippen molar-refractivity contribution in [1.82, 2.24) is 15.1 Å². The van der Waals surface area contributed by atoms with Crippen LogP contribution in [0.15, 0.2) is 0 Å². The Morgan fingerprint density at radius 2 is 2.05 bits per heavy atom. The highest BCUT2D eigenvalue weighted by atomic mass is 16.5. The Morgan fingerprint density at radius 3 is 2.58 bits per heavy atom. The lowest BCUT2D eigenvalue weighted by Gasteiger charge is -2.41. The molecule has 0 spiro atoms. The average molecular weight is 271 g/mol. The number of hydrogen-bond donors (Lipinski definition) is 1. The van der Waals surface area contributed by atoms with Gasteiger partial charge in [0.05, 0.1) is 6.61 Å². The summed E-state index contributed by atoms with van der Waals surface area (Å²) in [5.41, 5.74) is 0.169. The van der Waals surface area contributed by atoms with E-state index < -0.39 is 0 Å². The summed E-state index contributed by atoms with van der Waals surface area (Å²) in [6, 6.07) is 1.16. The van der Waals surface area contributed by atoms with Gasteiger partial charge in [-0.2, -0.15) is 0 Å². The van der Waals surface area contributed by atoms with Crippen molar-refractivity contribution in [3.05, 3.63) is 0 Å². The summed E-state index contributed by atoms with van der Waals surface area (Å²) in [4.78, 5) is 4.95. The number of likely N-dealkylation sites (tertiary alicyclic amines) is 1. The molecule has 1 aliphatic heterocycles. The molecule has 1 heterocycles. The lowest BCUT2D eigenvalue weighted by Crippen LogP contribution is -2.55. The summed E-state index contributed by atoms with van der Waals surface area (Å²) in [6.45, 7) is 10.8. The van der Waals surface area contributed by atoms with Crippen LogP contribution < -0.4 is 5.32 Å². The van der Waals surface area contributed by atoms with E-state index in [0.717, 1.165) is 19.7 Å². The van der Waals surface area contributed by atoms with Crippen molar-refractivity contribution < 1.29 is 4.74 Å². The molecule has 0 radical (unpaired) electrons. The van der Waals surface area contributed by atoms with E-state index >= 15 is 0 Å². The minimum absolute atomic E-state index is 0.169. The first-order valence-corrected chi connectivity index (χ1v) is 7.48. The minimum Gasteiger partial charge on any atom is -0.383 e. The number of rotatable bonds is 6. The van der Waals surface area contributed by atoms with Crippen LogP contribution in [0.25, 0.3) is 0 Å². The maximum Gasteiger partial charge on any atom is 0.0630 e. The smallest absolute Gasteiger partial charge is 0.0630 e. The zero-order valence-electron chi connectivity index (χ0n) is 13.7. The molecule has 0 aliphatic carbocycles. The summed E-state index contributed by atoms with van der Waals surface area (Å²) in [6.07, 6.45) is 2.61. The van der Waals surface area contributed by atoms with Crippen LogP contribution in [0, 0.1) is 0 Å². The number of piperidine rings is 1. The Kier molecular flexibility index (Phi) is 6.74. The molecule has 0 amide bonds. The quantitative estimate of drug-likeness (QED) is 0.791. The molecule has 4 heteroatoms. The number of likely N-dealkylation sites (N-methyl/N-ethyl adjacent to an activating group) is 1. The number of nitrogens with one attached hydrogen (secondary N) is 1. The third-order valence-corrected chi connectivity index (χ3v) is 3.90. The van der Waals surface area contributed by atoms with Crippen LogP contribution in [0.5, 0.6) is 0 Å². The highest BCUT2D eigenvalue weighted by Crippen LogP contribution is 2.16. The van der Waals surface area contributed by atoms with E-state index in [-0.39, 0.29) is 5.54 Å².